The first-order valence-corrected chi connectivity index (χ1v) is 6.93. The molecule has 0 unspecified atom stereocenters. The highest BCUT2D eigenvalue weighted by atomic mass is 32.2. The molecule has 2 N–H and O–H groups in total. The molecule has 112 valence electrons. The molecule has 0 aliphatic carbocycles. The van der Waals surface area contributed by atoms with Gasteiger partial charge in [-0.15, -0.1) is 0 Å². The molecule has 0 aliphatic heterocycles. The zero-order valence-electron chi connectivity index (χ0n) is 10.3. The molecule has 21 heavy (non-hydrogen) atoms. The van der Waals surface area contributed by atoms with Crippen molar-refractivity contribution in [2.75, 3.05) is 12.3 Å². The van der Waals surface area contributed by atoms with Crippen LogP contribution < -0.4 is 5.32 Å². The molecule has 1 aromatic rings. The summed E-state index contributed by atoms with van der Waals surface area (Å²) in [5.74, 6) is -7.47. The smallest absolute Gasteiger partial charge is 0.341 e. The first-order valence-electron chi connectivity index (χ1n) is 5.28. The minimum absolute atomic E-state index is 0.444. The number of carboxylic acids is 1. The van der Waals surface area contributed by atoms with Crippen LogP contribution in [0, 0.1) is 23.0 Å². The van der Waals surface area contributed by atoms with Gasteiger partial charge in [-0.2, -0.15) is 5.26 Å². The van der Waals surface area contributed by atoms with Crippen LogP contribution in [0.3, 0.4) is 0 Å². The Labute approximate surface area is 117 Å². The normalized spacial score (nSPS) is 10.7. The number of nitrogens with one attached hydrogen (secondary N) is 1. The summed E-state index contributed by atoms with van der Waals surface area (Å²) >= 11 is 0. The van der Waals surface area contributed by atoms with Crippen LogP contribution >= 0.6 is 0 Å². The van der Waals surface area contributed by atoms with Gasteiger partial charge in [0, 0.05) is 0 Å². The number of rotatable bonds is 5. The number of carbonyl (C=O) groups excluding carboxylic acids is 1. The van der Waals surface area contributed by atoms with Crippen molar-refractivity contribution in [2.24, 2.45) is 0 Å². The van der Waals surface area contributed by atoms with E-state index >= 15 is 0 Å². The van der Waals surface area contributed by atoms with E-state index in [4.69, 9.17) is 10.4 Å². The van der Waals surface area contributed by atoms with E-state index in [1.165, 1.54) is 6.07 Å². The lowest BCUT2D eigenvalue weighted by Gasteiger charge is -2.08. The molecule has 0 radical (unpaired) electrons. The third-order valence-corrected chi connectivity index (χ3v) is 3.92. The predicted molar refractivity (Wildman–Crippen MR) is 64.0 cm³/mol. The number of hydrogen-bond donors (Lipinski definition) is 2. The van der Waals surface area contributed by atoms with Crippen LogP contribution in [0.5, 0.6) is 0 Å². The average molecular weight is 318 g/mol. The van der Waals surface area contributed by atoms with Crippen molar-refractivity contribution >= 4 is 21.7 Å². The van der Waals surface area contributed by atoms with Crippen LogP contribution in [-0.4, -0.2) is 37.7 Å². The third kappa shape index (κ3) is 3.73. The average Bonchev–Trinajstić information content (AvgIpc) is 2.34. The number of amides is 1. The number of hydrogen-bond acceptors (Lipinski definition) is 5. The lowest BCUT2D eigenvalue weighted by molar-refractivity contribution is -0.118. The van der Waals surface area contributed by atoms with Gasteiger partial charge in [0.2, 0.25) is 5.91 Å². The van der Waals surface area contributed by atoms with Gasteiger partial charge in [0.05, 0.1) is 6.07 Å². The van der Waals surface area contributed by atoms with Crippen molar-refractivity contribution in [3.63, 3.8) is 0 Å². The summed E-state index contributed by atoms with van der Waals surface area (Å²) in [4.78, 5) is 20.8. The van der Waals surface area contributed by atoms with E-state index in [-0.39, 0.29) is 0 Å². The van der Waals surface area contributed by atoms with Crippen LogP contribution in [0.4, 0.5) is 8.78 Å². The van der Waals surface area contributed by atoms with E-state index in [0.29, 0.717) is 12.1 Å². The quantitative estimate of drug-likeness (QED) is 0.585. The number of benzene rings is 1. The van der Waals surface area contributed by atoms with Crippen molar-refractivity contribution < 1.29 is 31.9 Å². The van der Waals surface area contributed by atoms with Gasteiger partial charge in [0.25, 0.3) is 0 Å². The molecule has 0 atom stereocenters. The third-order valence-electron chi connectivity index (χ3n) is 2.29. The fourth-order valence-electron chi connectivity index (χ4n) is 1.41. The molecule has 0 spiro atoms. The Hall–Kier alpha value is -2.54. The lowest BCUT2D eigenvalue weighted by atomic mass is 10.2. The summed E-state index contributed by atoms with van der Waals surface area (Å²) in [5, 5.41) is 18.8. The standard InChI is InChI=1S/C11H8F2N2O5S/c12-6-1-2-7(10(13)9(6)11(17)18)21(19,20)5-8(16)15-4-3-14/h1-2H,4-5H2,(H,15,16)(H,17,18). The highest BCUT2D eigenvalue weighted by Crippen LogP contribution is 2.22. The number of nitriles is 1. The molecular weight excluding hydrogens is 310 g/mol. The molecule has 0 fully saturated rings. The van der Waals surface area contributed by atoms with Gasteiger partial charge in [-0.05, 0) is 12.1 Å². The van der Waals surface area contributed by atoms with Crippen LogP contribution in [-0.2, 0) is 14.6 Å². The van der Waals surface area contributed by atoms with Gasteiger partial charge in [0.15, 0.2) is 15.7 Å². The second-order valence-electron chi connectivity index (χ2n) is 3.73. The summed E-state index contributed by atoms with van der Waals surface area (Å²) in [6, 6.07) is 2.55. The van der Waals surface area contributed by atoms with Crippen molar-refractivity contribution in [3.05, 3.63) is 29.3 Å². The van der Waals surface area contributed by atoms with Gasteiger partial charge in [-0.25, -0.2) is 22.0 Å². The van der Waals surface area contributed by atoms with E-state index in [1.54, 1.807) is 0 Å². The van der Waals surface area contributed by atoms with Crippen LogP contribution in [0.1, 0.15) is 10.4 Å². The maximum absolute atomic E-state index is 13.8. The summed E-state index contributed by atoms with van der Waals surface area (Å²) in [7, 11) is -4.52. The van der Waals surface area contributed by atoms with Crippen LogP contribution in [0.2, 0.25) is 0 Å². The Kier molecular flexibility index (Phi) is 4.93. The van der Waals surface area contributed by atoms with E-state index in [2.05, 4.69) is 0 Å². The summed E-state index contributed by atoms with van der Waals surface area (Å²) < 4.78 is 50.6. The van der Waals surface area contributed by atoms with Gasteiger partial charge >= 0.3 is 5.97 Å². The van der Waals surface area contributed by atoms with Gasteiger partial charge in [-0.1, -0.05) is 0 Å². The number of carboxylic acid groups (broad SMARTS) is 1. The Morgan fingerprint density at radius 3 is 2.48 bits per heavy atom. The first-order chi connectivity index (χ1) is 9.70. The SMILES string of the molecule is N#CCNC(=O)CS(=O)(=O)c1ccc(F)c(C(=O)O)c1F. The van der Waals surface area contributed by atoms with E-state index < -0.39 is 56.1 Å². The Morgan fingerprint density at radius 2 is 1.95 bits per heavy atom. The fourth-order valence-corrected chi connectivity index (χ4v) is 2.66. The lowest BCUT2D eigenvalue weighted by Crippen LogP contribution is -2.31. The van der Waals surface area contributed by atoms with Gasteiger partial charge in [0.1, 0.15) is 28.6 Å². The van der Waals surface area contributed by atoms with E-state index in [9.17, 15) is 26.8 Å². The molecule has 7 nitrogen and oxygen atoms in total. The van der Waals surface area contributed by atoms with E-state index in [0.717, 1.165) is 0 Å². The Morgan fingerprint density at radius 1 is 1.33 bits per heavy atom. The van der Waals surface area contributed by atoms with Crippen molar-refractivity contribution in [1.82, 2.24) is 5.32 Å². The number of sulfone groups is 1. The maximum atomic E-state index is 13.8. The predicted octanol–water partition coefficient (Wildman–Crippen LogP) is 0.0765. The zero-order valence-corrected chi connectivity index (χ0v) is 11.1. The topological polar surface area (TPSA) is 124 Å². The molecule has 0 saturated carbocycles. The van der Waals surface area contributed by atoms with Crippen LogP contribution in [0.15, 0.2) is 17.0 Å². The van der Waals surface area contributed by atoms with Gasteiger partial charge < -0.3 is 10.4 Å². The largest absolute Gasteiger partial charge is 0.477 e. The highest BCUT2D eigenvalue weighted by molar-refractivity contribution is 7.92. The maximum Gasteiger partial charge on any atom is 0.341 e. The number of halogens is 2. The second kappa shape index (κ2) is 6.27. The van der Waals surface area contributed by atoms with Crippen molar-refractivity contribution in [2.45, 2.75) is 4.90 Å². The molecule has 0 saturated heterocycles. The van der Waals surface area contributed by atoms with Crippen molar-refractivity contribution in [3.8, 4) is 6.07 Å². The molecule has 0 bridgehead atoms. The molecule has 1 amide bonds. The molecule has 0 heterocycles. The highest BCUT2D eigenvalue weighted by Gasteiger charge is 2.28. The summed E-state index contributed by atoms with van der Waals surface area (Å²) in [6.07, 6.45) is 0. The first kappa shape index (κ1) is 16.5. The van der Waals surface area contributed by atoms with Crippen LogP contribution in [0.25, 0.3) is 0 Å². The molecule has 1 rings (SSSR count). The molecule has 10 heteroatoms. The molecular formula is C11H8F2N2O5S. The number of aromatic carboxylic acids is 1. The summed E-state index contributed by atoms with van der Waals surface area (Å²) in [6.45, 7) is -0.444. The Balaban J connectivity index is 3.22. The second-order valence-corrected chi connectivity index (χ2v) is 5.69. The minimum atomic E-state index is -4.52. The molecule has 0 aliphatic rings. The number of nitrogens with zero attached hydrogens (tertiary/aromatic N) is 1. The Bertz CT molecular complexity index is 740. The van der Waals surface area contributed by atoms with E-state index in [1.807, 2.05) is 5.32 Å². The van der Waals surface area contributed by atoms with Crippen molar-refractivity contribution in [1.29, 1.82) is 5.26 Å². The number of carbonyl (C=O) groups is 2. The zero-order chi connectivity index (χ0) is 16.2. The monoisotopic (exact) mass is 318 g/mol. The molecule has 1 aromatic carbocycles. The summed E-state index contributed by atoms with van der Waals surface area (Å²) in [5.41, 5.74) is -1.42. The fraction of sp³-hybridized carbons (Fsp3) is 0.182. The molecule has 0 aromatic heterocycles. The van der Waals surface area contributed by atoms with Gasteiger partial charge in [-0.3, -0.25) is 4.79 Å². The minimum Gasteiger partial charge on any atom is -0.477 e.